The smallest absolute Gasteiger partial charge is 0.328 e. The molecule has 0 unspecified atom stereocenters. The Balaban J connectivity index is 1.24. The number of anilines is 4. The Hall–Kier alpha value is -5.98. The highest BCUT2D eigenvalue weighted by molar-refractivity contribution is 6.05. The van der Waals surface area contributed by atoms with Crippen LogP contribution in [-0.2, 0) is 18.4 Å². The Morgan fingerprint density at radius 3 is 2.70 bits per heavy atom. The number of imide groups is 1. The number of hydrogen-bond donors (Lipinski definition) is 3. The number of aryl methyl sites for hydroxylation is 1. The largest absolute Gasteiger partial charge is 0.494 e. The molecule has 0 atom stereocenters. The number of amides is 3. The summed E-state index contributed by atoms with van der Waals surface area (Å²) in [5.74, 6) is 0.289. The SMILES string of the molecule is COc1cc(NCc2cccc(N3CCC(=O)NC3=O)c2)c([N+](=O)[O-])cc1Nc1nccc(-c2cn(C)c3ccccc23)n1. The van der Waals surface area contributed by atoms with Gasteiger partial charge in [0.2, 0.25) is 11.9 Å². The van der Waals surface area contributed by atoms with Gasteiger partial charge in [-0.15, -0.1) is 0 Å². The number of ether oxygens (including phenoxy) is 1. The van der Waals surface area contributed by atoms with E-state index in [9.17, 15) is 19.7 Å². The van der Waals surface area contributed by atoms with Gasteiger partial charge in [0.05, 0.1) is 23.4 Å². The molecule has 1 aliphatic rings. The fourth-order valence-electron chi connectivity index (χ4n) is 5.20. The molecule has 13 heteroatoms. The average molecular weight is 593 g/mol. The summed E-state index contributed by atoms with van der Waals surface area (Å²) >= 11 is 0. The summed E-state index contributed by atoms with van der Waals surface area (Å²) in [4.78, 5) is 45.9. The highest BCUT2D eigenvalue weighted by Gasteiger charge is 2.25. The van der Waals surface area contributed by atoms with Crippen molar-refractivity contribution in [3.63, 3.8) is 0 Å². The summed E-state index contributed by atoms with van der Waals surface area (Å²) in [7, 11) is 3.44. The van der Waals surface area contributed by atoms with E-state index in [1.165, 1.54) is 18.1 Å². The van der Waals surface area contributed by atoms with Gasteiger partial charge in [0.25, 0.3) is 5.69 Å². The number of nitro benzene ring substituents is 1. The molecule has 0 radical (unpaired) electrons. The van der Waals surface area contributed by atoms with Gasteiger partial charge in [-0.3, -0.25) is 25.1 Å². The molecule has 6 rings (SSSR count). The van der Waals surface area contributed by atoms with Crippen molar-refractivity contribution in [2.75, 3.05) is 29.2 Å². The van der Waals surface area contributed by atoms with Crippen molar-refractivity contribution < 1.29 is 19.2 Å². The zero-order valence-corrected chi connectivity index (χ0v) is 23.9. The van der Waals surface area contributed by atoms with Crippen molar-refractivity contribution in [1.82, 2.24) is 19.9 Å². The predicted molar refractivity (Wildman–Crippen MR) is 166 cm³/mol. The van der Waals surface area contributed by atoms with E-state index < -0.39 is 11.0 Å². The van der Waals surface area contributed by atoms with Gasteiger partial charge in [0.15, 0.2) is 0 Å². The highest BCUT2D eigenvalue weighted by atomic mass is 16.6. The summed E-state index contributed by atoms with van der Waals surface area (Å²) < 4.78 is 7.61. The summed E-state index contributed by atoms with van der Waals surface area (Å²) in [6.07, 6.45) is 3.84. The topological polar surface area (TPSA) is 157 Å². The molecule has 222 valence electrons. The second-order valence-corrected chi connectivity index (χ2v) is 10.2. The van der Waals surface area contributed by atoms with E-state index in [1.807, 2.05) is 54.2 Å². The van der Waals surface area contributed by atoms with Crippen LogP contribution < -0.4 is 25.6 Å². The molecule has 1 aliphatic heterocycles. The molecular weight excluding hydrogens is 564 g/mol. The second-order valence-electron chi connectivity index (χ2n) is 10.2. The number of hydrogen-bond acceptors (Lipinski definition) is 9. The van der Waals surface area contributed by atoms with E-state index in [0.29, 0.717) is 22.8 Å². The molecule has 2 aromatic heterocycles. The van der Waals surface area contributed by atoms with E-state index in [-0.39, 0.29) is 42.7 Å². The van der Waals surface area contributed by atoms with Gasteiger partial charge < -0.3 is 19.9 Å². The third-order valence-electron chi connectivity index (χ3n) is 7.35. The van der Waals surface area contributed by atoms with Crippen LogP contribution in [-0.4, -0.2) is 45.1 Å². The van der Waals surface area contributed by atoms with Crippen LogP contribution in [0.3, 0.4) is 0 Å². The molecule has 1 saturated heterocycles. The lowest BCUT2D eigenvalue weighted by Crippen LogP contribution is -2.49. The first kappa shape index (κ1) is 28.2. The predicted octanol–water partition coefficient (Wildman–Crippen LogP) is 5.35. The molecule has 0 bridgehead atoms. The van der Waals surface area contributed by atoms with Gasteiger partial charge in [-0.2, -0.15) is 0 Å². The maximum absolute atomic E-state index is 12.3. The Morgan fingerprint density at radius 2 is 1.91 bits per heavy atom. The van der Waals surface area contributed by atoms with E-state index in [0.717, 1.165) is 22.0 Å². The van der Waals surface area contributed by atoms with Crippen molar-refractivity contribution >= 4 is 51.5 Å². The number of aromatic nitrogens is 3. The molecule has 0 saturated carbocycles. The number of nitrogens with zero attached hydrogens (tertiary/aromatic N) is 5. The standard InChI is InChI=1S/C31H28N8O5/c1-37-18-22(21-8-3-4-9-26(21)37)23-10-12-32-30(34-23)35-25-15-27(39(42)43)24(16-28(25)44-2)33-17-19-6-5-7-20(14-19)38-13-11-29(40)36-31(38)41/h3-10,12,14-16,18,33H,11,13,17H2,1-2H3,(H,32,34,35)(H,36,40,41). The molecule has 0 aliphatic carbocycles. The first-order valence-electron chi connectivity index (χ1n) is 13.8. The lowest BCUT2D eigenvalue weighted by molar-refractivity contribution is -0.383. The van der Waals surface area contributed by atoms with Crippen molar-refractivity contribution in [2.24, 2.45) is 7.05 Å². The van der Waals surface area contributed by atoms with Crippen LogP contribution in [0, 0.1) is 10.1 Å². The normalized spacial score (nSPS) is 13.1. The molecule has 13 nitrogen and oxygen atoms in total. The number of carbonyl (C=O) groups is 2. The molecular formula is C31H28N8O5. The minimum atomic E-state index is -0.485. The summed E-state index contributed by atoms with van der Waals surface area (Å²) in [6.45, 7) is 0.502. The number of para-hydroxylation sites is 1. The number of benzene rings is 3. The van der Waals surface area contributed by atoms with Crippen LogP contribution in [0.25, 0.3) is 22.2 Å². The molecule has 3 heterocycles. The zero-order valence-electron chi connectivity index (χ0n) is 23.9. The second kappa shape index (κ2) is 11.7. The minimum Gasteiger partial charge on any atom is -0.494 e. The van der Waals surface area contributed by atoms with Gasteiger partial charge in [-0.05, 0) is 29.8 Å². The maximum atomic E-state index is 12.3. The molecule has 0 spiro atoms. The Bertz CT molecular complexity index is 1920. The Morgan fingerprint density at radius 1 is 1.07 bits per heavy atom. The van der Waals surface area contributed by atoms with Crippen LogP contribution in [0.2, 0.25) is 0 Å². The fraction of sp³-hybridized carbons (Fsp3) is 0.161. The molecule has 3 aromatic carbocycles. The van der Waals surface area contributed by atoms with Crippen molar-refractivity contribution in [1.29, 1.82) is 0 Å². The van der Waals surface area contributed by atoms with Crippen molar-refractivity contribution in [3.05, 3.63) is 94.8 Å². The van der Waals surface area contributed by atoms with Crippen LogP contribution in [0.15, 0.2) is 79.1 Å². The average Bonchev–Trinajstić information content (AvgIpc) is 3.36. The summed E-state index contributed by atoms with van der Waals surface area (Å²) in [5.41, 5.74) is 4.49. The van der Waals surface area contributed by atoms with E-state index in [1.54, 1.807) is 30.5 Å². The quantitative estimate of drug-likeness (QED) is 0.152. The van der Waals surface area contributed by atoms with Gasteiger partial charge in [0, 0.05) is 73.2 Å². The highest BCUT2D eigenvalue weighted by Crippen LogP contribution is 2.38. The summed E-state index contributed by atoms with van der Waals surface area (Å²) in [5, 5.41) is 21.7. The Kier molecular flexibility index (Phi) is 7.50. The van der Waals surface area contributed by atoms with Gasteiger partial charge in [-0.25, -0.2) is 14.8 Å². The molecule has 3 amide bonds. The number of rotatable bonds is 9. The fourth-order valence-corrected chi connectivity index (χ4v) is 5.20. The van der Waals surface area contributed by atoms with Crippen molar-refractivity contribution in [2.45, 2.75) is 13.0 Å². The first-order valence-corrected chi connectivity index (χ1v) is 13.8. The molecule has 1 fully saturated rings. The van der Waals surface area contributed by atoms with Crippen molar-refractivity contribution in [3.8, 4) is 17.0 Å². The minimum absolute atomic E-state index is 0.177. The third-order valence-corrected chi connectivity index (χ3v) is 7.35. The number of nitrogens with one attached hydrogen (secondary N) is 3. The lowest BCUT2D eigenvalue weighted by Gasteiger charge is -2.26. The van der Waals surface area contributed by atoms with Gasteiger partial charge in [0.1, 0.15) is 11.4 Å². The Labute approximate surface area is 251 Å². The number of fused-ring (bicyclic) bond motifs is 1. The molecule has 3 N–H and O–H groups in total. The number of urea groups is 1. The summed E-state index contributed by atoms with van der Waals surface area (Å²) in [6, 6.07) is 19.4. The van der Waals surface area contributed by atoms with Crippen LogP contribution >= 0.6 is 0 Å². The monoisotopic (exact) mass is 592 g/mol. The number of methoxy groups -OCH3 is 1. The zero-order chi connectivity index (χ0) is 30.8. The lowest BCUT2D eigenvalue weighted by atomic mass is 10.1. The van der Waals surface area contributed by atoms with Crippen LogP contribution in [0.5, 0.6) is 5.75 Å². The molecule has 5 aromatic rings. The third kappa shape index (κ3) is 5.57. The van der Waals surface area contributed by atoms with Crippen LogP contribution in [0.1, 0.15) is 12.0 Å². The molecule has 44 heavy (non-hydrogen) atoms. The van der Waals surface area contributed by atoms with Gasteiger partial charge in [-0.1, -0.05) is 30.3 Å². The number of carbonyl (C=O) groups excluding carboxylic acids is 2. The first-order chi connectivity index (χ1) is 21.3. The van der Waals surface area contributed by atoms with E-state index >= 15 is 0 Å². The maximum Gasteiger partial charge on any atom is 0.328 e. The van der Waals surface area contributed by atoms with E-state index in [4.69, 9.17) is 4.74 Å². The van der Waals surface area contributed by atoms with Crippen LogP contribution in [0.4, 0.5) is 33.5 Å². The van der Waals surface area contributed by atoms with E-state index in [2.05, 4.69) is 25.9 Å². The van der Waals surface area contributed by atoms with Gasteiger partial charge >= 0.3 is 6.03 Å². The number of nitro groups is 1.